The van der Waals surface area contributed by atoms with Crippen molar-refractivity contribution in [3.05, 3.63) is 17.9 Å². The van der Waals surface area contributed by atoms with Gasteiger partial charge in [0, 0.05) is 6.07 Å². The fraction of sp³-hybridized carbons (Fsp3) is 0.125. The molecule has 8 heteroatoms. The number of anilines is 1. The molecule has 1 aromatic rings. The van der Waals surface area contributed by atoms with E-state index < -0.39 is 11.9 Å². The van der Waals surface area contributed by atoms with Crippen LogP contribution in [-0.2, 0) is 4.79 Å². The van der Waals surface area contributed by atoms with Crippen LogP contribution in [0.25, 0.3) is 0 Å². The predicted molar refractivity (Wildman–Crippen MR) is 58.2 cm³/mol. The fourth-order valence-corrected chi connectivity index (χ4v) is 1.01. The van der Waals surface area contributed by atoms with Gasteiger partial charge in [-0.2, -0.15) is 0 Å². The smallest absolute Gasteiger partial charge is 0.319 e. The molecule has 0 spiro atoms. The van der Waals surface area contributed by atoms with Crippen LogP contribution in [0.4, 0.5) is 10.7 Å². The highest BCUT2D eigenvalue weighted by atomic mass is 79.9. The number of carbonyl (C=O) groups excluding carboxylic acids is 3. The summed E-state index contributed by atoms with van der Waals surface area (Å²) in [6, 6.07) is 1.71. The van der Waals surface area contributed by atoms with E-state index >= 15 is 0 Å². The van der Waals surface area contributed by atoms with E-state index in [1.165, 1.54) is 12.1 Å². The Kier molecular flexibility index (Phi) is 4.06. The van der Waals surface area contributed by atoms with Crippen molar-refractivity contribution in [3.8, 4) is 0 Å². The molecule has 1 aromatic heterocycles. The molecular formula is C8H8BrN3O4. The molecule has 4 N–H and O–H groups in total. The van der Waals surface area contributed by atoms with Crippen molar-refractivity contribution in [3.63, 3.8) is 0 Å². The number of nitrogens with one attached hydrogen (secondary N) is 2. The van der Waals surface area contributed by atoms with Crippen LogP contribution < -0.4 is 16.4 Å². The van der Waals surface area contributed by atoms with E-state index in [1.807, 2.05) is 5.32 Å². The van der Waals surface area contributed by atoms with Crippen LogP contribution in [0.15, 0.2) is 16.5 Å². The molecule has 0 aliphatic carbocycles. The summed E-state index contributed by atoms with van der Waals surface area (Å²) in [5.41, 5.74) is 4.75. The molecule has 0 bridgehead atoms. The van der Waals surface area contributed by atoms with Crippen LogP contribution in [0.1, 0.15) is 10.6 Å². The Morgan fingerprint density at radius 3 is 2.62 bits per heavy atom. The molecule has 4 amide bonds. The van der Waals surface area contributed by atoms with E-state index in [1.54, 1.807) is 0 Å². The molecule has 1 heterocycles. The van der Waals surface area contributed by atoms with Gasteiger partial charge in [-0.15, -0.1) is 0 Å². The first-order valence-electron chi connectivity index (χ1n) is 4.09. The molecule has 7 nitrogen and oxygen atoms in total. The summed E-state index contributed by atoms with van der Waals surface area (Å²) in [6.45, 7) is 0. The van der Waals surface area contributed by atoms with Gasteiger partial charge in [-0.05, 0) is 6.07 Å². The number of hydrogen-bond donors (Lipinski definition) is 3. The Morgan fingerprint density at radius 1 is 1.38 bits per heavy atom. The lowest BCUT2D eigenvalue weighted by Crippen LogP contribution is -2.34. The number of amides is 4. The van der Waals surface area contributed by atoms with Crippen LogP contribution in [0.2, 0.25) is 0 Å². The third-order valence-electron chi connectivity index (χ3n) is 1.45. The van der Waals surface area contributed by atoms with Crippen molar-refractivity contribution in [2.24, 2.45) is 5.73 Å². The molecule has 16 heavy (non-hydrogen) atoms. The van der Waals surface area contributed by atoms with Gasteiger partial charge in [-0.1, -0.05) is 15.9 Å². The first kappa shape index (κ1) is 12.2. The summed E-state index contributed by atoms with van der Waals surface area (Å²) in [5, 5.41) is 4.30. The molecule has 0 saturated carbocycles. The average molecular weight is 290 g/mol. The minimum Gasteiger partial charge on any atom is -0.435 e. The second-order valence-corrected chi connectivity index (χ2v) is 3.22. The molecule has 1 rings (SSSR count). The van der Waals surface area contributed by atoms with Crippen LogP contribution >= 0.6 is 15.9 Å². The highest BCUT2D eigenvalue weighted by Crippen LogP contribution is 2.13. The van der Waals surface area contributed by atoms with Gasteiger partial charge in [-0.25, -0.2) is 4.79 Å². The summed E-state index contributed by atoms with van der Waals surface area (Å²) >= 11 is 2.95. The van der Waals surface area contributed by atoms with Gasteiger partial charge in [0.1, 0.15) is 0 Å². The van der Waals surface area contributed by atoms with Gasteiger partial charge >= 0.3 is 6.03 Å². The molecule has 0 atom stereocenters. The Hall–Kier alpha value is -1.83. The van der Waals surface area contributed by atoms with Gasteiger partial charge in [0.15, 0.2) is 11.6 Å². The number of carbonyl (C=O) groups is 3. The molecule has 0 fully saturated rings. The second kappa shape index (κ2) is 5.31. The summed E-state index contributed by atoms with van der Waals surface area (Å²) in [6.07, 6.45) is 0. The van der Waals surface area contributed by atoms with Crippen molar-refractivity contribution in [1.82, 2.24) is 5.32 Å². The zero-order valence-electron chi connectivity index (χ0n) is 7.95. The van der Waals surface area contributed by atoms with Crippen molar-refractivity contribution in [2.75, 3.05) is 10.6 Å². The standard InChI is InChI=1S/C8H8BrN3O4/c9-3-5(13)11-6-2-1-4(16-6)7(14)12-8(10)15/h1-2H,3H2,(H,11,13)(H3,10,12,14,15). The number of primary amides is 1. The summed E-state index contributed by atoms with van der Waals surface area (Å²) in [7, 11) is 0. The van der Waals surface area contributed by atoms with Gasteiger partial charge in [0.2, 0.25) is 5.91 Å². The third-order valence-corrected chi connectivity index (χ3v) is 1.96. The Balaban J connectivity index is 2.67. The Morgan fingerprint density at radius 2 is 2.06 bits per heavy atom. The van der Waals surface area contributed by atoms with Crippen molar-refractivity contribution in [1.29, 1.82) is 0 Å². The first-order valence-corrected chi connectivity index (χ1v) is 5.21. The zero-order chi connectivity index (χ0) is 12.1. The lowest BCUT2D eigenvalue weighted by atomic mass is 10.4. The minimum atomic E-state index is -0.979. The van der Waals surface area contributed by atoms with Gasteiger partial charge < -0.3 is 10.2 Å². The second-order valence-electron chi connectivity index (χ2n) is 2.66. The number of imide groups is 1. The monoisotopic (exact) mass is 289 g/mol. The maximum atomic E-state index is 11.2. The number of nitrogens with two attached hydrogens (primary N) is 1. The molecule has 0 radical (unpaired) electrons. The molecule has 0 aliphatic heterocycles. The quantitative estimate of drug-likeness (QED) is 0.700. The van der Waals surface area contributed by atoms with Crippen LogP contribution in [-0.4, -0.2) is 23.2 Å². The SMILES string of the molecule is NC(=O)NC(=O)c1ccc(NC(=O)CBr)o1. The number of halogens is 1. The highest BCUT2D eigenvalue weighted by molar-refractivity contribution is 9.09. The van der Waals surface area contributed by atoms with Crippen molar-refractivity contribution < 1.29 is 18.8 Å². The fourth-order valence-electron chi connectivity index (χ4n) is 0.871. The lowest BCUT2D eigenvalue weighted by molar-refractivity contribution is -0.113. The van der Waals surface area contributed by atoms with E-state index in [0.29, 0.717) is 0 Å². The topological polar surface area (TPSA) is 114 Å². The number of hydrogen-bond acceptors (Lipinski definition) is 4. The number of alkyl halides is 1. The molecule has 86 valence electrons. The van der Waals surface area contributed by atoms with Gasteiger partial charge in [0.25, 0.3) is 5.91 Å². The molecule has 0 unspecified atom stereocenters. The highest BCUT2D eigenvalue weighted by Gasteiger charge is 2.13. The lowest BCUT2D eigenvalue weighted by Gasteiger charge is -1.98. The molecule has 0 saturated heterocycles. The number of furan rings is 1. The van der Waals surface area contributed by atoms with E-state index in [9.17, 15) is 14.4 Å². The Labute approximate surface area is 98.5 Å². The molecule has 0 aliphatic rings. The third kappa shape index (κ3) is 3.39. The maximum Gasteiger partial charge on any atom is 0.319 e. The molecular weight excluding hydrogens is 282 g/mol. The Bertz CT molecular complexity index is 429. The first-order chi connectivity index (χ1) is 7.52. The van der Waals surface area contributed by atoms with Crippen LogP contribution in [0, 0.1) is 0 Å². The maximum absolute atomic E-state index is 11.2. The summed E-state index contributed by atoms with van der Waals surface area (Å²) in [4.78, 5) is 32.5. The van der Waals surface area contributed by atoms with E-state index in [2.05, 4.69) is 21.2 Å². The molecule has 0 aromatic carbocycles. The van der Waals surface area contributed by atoms with E-state index in [4.69, 9.17) is 10.2 Å². The predicted octanol–water partition coefficient (Wildman–Crippen LogP) is 0.421. The average Bonchev–Trinajstić information content (AvgIpc) is 2.65. The van der Waals surface area contributed by atoms with Crippen LogP contribution in [0.3, 0.4) is 0 Å². The minimum absolute atomic E-state index is 0.108. The van der Waals surface area contributed by atoms with Gasteiger partial charge in [0.05, 0.1) is 5.33 Å². The van der Waals surface area contributed by atoms with Crippen LogP contribution in [0.5, 0.6) is 0 Å². The van der Waals surface area contributed by atoms with E-state index in [-0.39, 0.29) is 22.9 Å². The normalized spacial score (nSPS) is 9.56. The zero-order valence-corrected chi connectivity index (χ0v) is 9.54. The summed E-state index contributed by atoms with van der Waals surface area (Å²) in [5.74, 6) is -1.11. The van der Waals surface area contributed by atoms with Gasteiger partial charge in [-0.3, -0.25) is 20.2 Å². The largest absolute Gasteiger partial charge is 0.435 e. The summed E-state index contributed by atoms with van der Waals surface area (Å²) < 4.78 is 4.95. The number of urea groups is 1. The van der Waals surface area contributed by atoms with Crippen molar-refractivity contribution in [2.45, 2.75) is 0 Å². The number of rotatable bonds is 3. The van der Waals surface area contributed by atoms with E-state index in [0.717, 1.165) is 0 Å². The van der Waals surface area contributed by atoms with Crippen molar-refractivity contribution >= 4 is 39.7 Å².